The van der Waals surface area contributed by atoms with E-state index in [1.165, 1.54) is 23.8 Å². The van der Waals surface area contributed by atoms with Gasteiger partial charge >= 0.3 is 5.97 Å². The van der Waals surface area contributed by atoms with Crippen molar-refractivity contribution in [2.45, 2.75) is 31.6 Å². The summed E-state index contributed by atoms with van der Waals surface area (Å²) in [5.74, 6) is -0.591. The highest BCUT2D eigenvalue weighted by atomic mass is 35.5. The van der Waals surface area contributed by atoms with Gasteiger partial charge in [0.25, 0.3) is 5.56 Å². The van der Waals surface area contributed by atoms with Crippen molar-refractivity contribution in [3.63, 3.8) is 0 Å². The zero-order valence-electron chi connectivity index (χ0n) is 17.3. The molecule has 1 N–H and O–H groups in total. The highest BCUT2D eigenvalue weighted by molar-refractivity contribution is 7.99. The number of thioether (sulfide) groups is 1. The molecule has 7 nitrogen and oxygen atoms in total. The van der Waals surface area contributed by atoms with Gasteiger partial charge in [0.1, 0.15) is 0 Å². The maximum absolute atomic E-state index is 13.3. The Hall–Kier alpha value is -2.84. The van der Waals surface area contributed by atoms with E-state index in [9.17, 15) is 14.4 Å². The molecule has 3 aromatic rings. The van der Waals surface area contributed by atoms with Gasteiger partial charge in [-0.25, -0.2) is 9.78 Å². The number of esters is 1. The summed E-state index contributed by atoms with van der Waals surface area (Å²) in [7, 11) is 1.29. The van der Waals surface area contributed by atoms with Crippen molar-refractivity contribution >= 4 is 46.1 Å². The molecule has 2 aromatic carbocycles. The zero-order valence-corrected chi connectivity index (χ0v) is 18.9. The number of hydrogen-bond acceptors (Lipinski definition) is 6. The molecule has 0 bridgehead atoms. The van der Waals surface area contributed by atoms with Gasteiger partial charge in [0, 0.05) is 11.1 Å². The fraction of sp³-hybridized carbons (Fsp3) is 0.273. The number of rotatable bonds is 7. The average Bonchev–Trinajstić information content (AvgIpc) is 2.74. The van der Waals surface area contributed by atoms with Crippen LogP contribution in [0.4, 0.5) is 0 Å². The van der Waals surface area contributed by atoms with Gasteiger partial charge in [-0.1, -0.05) is 41.6 Å². The number of nitrogens with one attached hydrogen (secondary N) is 1. The van der Waals surface area contributed by atoms with E-state index < -0.39 is 5.97 Å². The van der Waals surface area contributed by atoms with Crippen molar-refractivity contribution in [3.05, 3.63) is 69.0 Å². The minimum Gasteiger partial charge on any atom is -0.465 e. The number of ether oxygens (including phenoxy) is 1. The Bertz CT molecular complexity index is 1190. The average molecular weight is 460 g/mol. The number of carbonyl (C=O) groups is 2. The van der Waals surface area contributed by atoms with Gasteiger partial charge in [-0.05, 0) is 43.7 Å². The first kappa shape index (κ1) is 22.8. The molecule has 0 unspecified atom stereocenters. The fourth-order valence-electron chi connectivity index (χ4n) is 2.99. The topological polar surface area (TPSA) is 90.3 Å². The van der Waals surface area contributed by atoms with Crippen LogP contribution in [0.2, 0.25) is 5.02 Å². The number of benzene rings is 2. The molecular formula is C22H22ClN3O4S. The Kier molecular flexibility index (Phi) is 7.35. The Morgan fingerprint density at radius 1 is 1.23 bits per heavy atom. The predicted molar refractivity (Wildman–Crippen MR) is 122 cm³/mol. The lowest BCUT2D eigenvalue weighted by molar-refractivity contribution is -0.119. The van der Waals surface area contributed by atoms with Crippen molar-refractivity contribution < 1.29 is 14.3 Å². The number of halogens is 1. The highest BCUT2D eigenvalue weighted by Crippen LogP contribution is 2.22. The van der Waals surface area contributed by atoms with Crippen molar-refractivity contribution in [1.82, 2.24) is 14.9 Å². The molecule has 3 rings (SSSR count). The smallest absolute Gasteiger partial charge is 0.337 e. The summed E-state index contributed by atoms with van der Waals surface area (Å²) in [4.78, 5) is 41.9. The third-order valence-electron chi connectivity index (χ3n) is 4.41. The monoisotopic (exact) mass is 459 g/mol. The minimum absolute atomic E-state index is 0.00518. The second kappa shape index (κ2) is 9.98. The second-order valence-electron chi connectivity index (χ2n) is 7.11. The minimum atomic E-state index is -0.519. The van der Waals surface area contributed by atoms with Crippen molar-refractivity contribution in [2.24, 2.45) is 0 Å². The van der Waals surface area contributed by atoms with Gasteiger partial charge in [-0.15, -0.1) is 0 Å². The summed E-state index contributed by atoms with van der Waals surface area (Å²) < 4.78 is 6.25. The number of amides is 1. The lowest BCUT2D eigenvalue weighted by Crippen LogP contribution is -2.32. The van der Waals surface area contributed by atoms with Gasteiger partial charge < -0.3 is 10.1 Å². The molecule has 162 valence electrons. The maximum atomic E-state index is 13.3. The van der Waals surface area contributed by atoms with Crippen LogP contribution in [0.5, 0.6) is 0 Å². The van der Waals surface area contributed by atoms with Crippen LogP contribution in [0.1, 0.15) is 29.8 Å². The van der Waals surface area contributed by atoms with Gasteiger partial charge in [0.15, 0.2) is 5.16 Å². The summed E-state index contributed by atoms with van der Waals surface area (Å²) in [6.07, 6.45) is 0. The molecule has 0 aliphatic rings. The molecule has 0 atom stereocenters. The van der Waals surface area contributed by atoms with E-state index in [1.54, 1.807) is 12.1 Å². The lowest BCUT2D eigenvalue weighted by atomic mass is 10.1. The molecule has 9 heteroatoms. The summed E-state index contributed by atoms with van der Waals surface area (Å²) in [5.41, 5.74) is 1.12. The number of nitrogens with zero attached hydrogens (tertiary/aromatic N) is 2. The summed E-state index contributed by atoms with van der Waals surface area (Å²) in [5, 5.41) is 4.07. The standard InChI is InChI=1S/C22H22ClN3O4S/c1-13(2)24-19(27)12-31-22-25-18-10-14(21(29)30-3)8-9-16(18)20(28)26(22)11-15-6-4-5-7-17(15)23/h4-10,13H,11-12H2,1-3H3,(H,24,27). The summed E-state index contributed by atoms with van der Waals surface area (Å²) in [6, 6.07) is 11.8. The number of methoxy groups -OCH3 is 1. The van der Waals surface area contributed by atoms with E-state index in [2.05, 4.69) is 10.3 Å². The van der Waals surface area contributed by atoms with E-state index in [0.29, 0.717) is 26.6 Å². The Morgan fingerprint density at radius 2 is 1.97 bits per heavy atom. The summed E-state index contributed by atoms with van der Waals surface area (Å²) in [6.45, 7) is 3.95. The van der Waals surface area contributed by atoms with Crippen molar-refractivity contribution in [3.8, 4) is 0 Å². The van der Waals surface area contributed by atoms with Crippen LogP contribution >= 0.6 is 23.4 Å². The van der Waals surface area contributed by atoms with Crippen LogP contribution in [-0.4, -0.2) is 40.3 Å². The summed E-state index contributed by atoms with van der Waals surface area (Å²) >= 11 is 7.45. The Balaban J connectivity index is 2.08. The van der Waals surface area contributed by atoms with Crippen LogP contribution in [0, 0.1) is 0 Å². The Morgan fingerprint density at radius 3 is 2.65 bits per heavy atom. The quantitative estimate of drug-likeness (QED) is 0.330. The third kappa shape index (κ3) is 5.45. The van der Waals surface area contributed by atoms with Crippen LogP contribution in [0.15, 0.2) is 52.4 Å². The van der Waals surface area contributed by atoms with Gasteiger partial charge in [0.05, 0.1) is 35.9 Å². The molecule has 1 aromatic heterocycles. The van der Waals surface area contributed by atoms with Gasteiger partial charge in [-0.3, -0.25) is 14.2 Å². The molecule has 0 radical (unpaired) electrons. The highest BCUT2D eigenvalue weighted by Gasteiger charge is 2.17. The fourth-order valence-corrected chi connectivity index (χ4v) is 3.99. The molecule has 1 amide bonds. The second-order valence-corrected chi connectivity index (χ2v) is 8.46. The Labute approximate surface area is 188 Å². The normalized spacial score (nSPS) is 11.0. The largest absolute Gasteiger partial charge is 0.465 e. The zero-order chi connectivity index (χ0) is 22.5. The van der Waals surface area contributed by atoms with E-state index in [4.69, 9.17) is 16.3 Å². The van der Waals surface area contributed by atoms with Crippen molar-refractivity contribution in [1.29, 1.82) is 0 Å². The van der Waals surface area contributed by atoms with Gasteiger partial charge in [0.2, 0.25) is 5.91 Å². The first-order valence-corrected chi connectivity index (χ1v) is 10.9. The molecule has 0 aliphatic carbocycles. The molecule has 31 heavy (non-hydrogen) atoms. The molecular weight excluding hydrogens is 438 g/mol. The first-order chi connectivity index (χ1) is 14.8. The molecule has 0 fully saturated rings. The molecule has 1 heterocycles. The third-order valence-corrected chi connectivity index (χ3v) is 5.75. The molecule has 0 aliphatic heterocycles. The van der Waals surface area contributed by atoms with Crippen LogP contribution in [0.3, 0.4) is 0 Å². The number of carbonyl (C=O) groups excluding carboxylic acids is 2. The maximum Gasteiger partial charge on any atom is 0.337 e. The van der Waals surface area contributed by atoms with Crippen molar-refractivity contribution in [2.75, 3.05) is 12.9 Å². The van der Waals surface area contributed by atoms with E-state index in [-0.39, 0.29) is 29.8 Å². The van der Waals surface area contributed by atoms with E-state index >= 15 is 0 Å². The van der Waals surface area contributed by atoms with Crippen LogP contribution < -0.4 is 10.9 Å². The molecule has 0 spiro atoms. The first-order valence-electron chi connectivity index (χ1n) is 9.58. The lowest BCUT2D eigenvalue weighted by Gasteiger charge is -2.15. The number of hydrogen-bond donors (Lipinski definition) is 1. The number of fused-ring (bicyclic) bond motifs is 1. The van der Waals surface area contributed by atoms with Crippen LogP contribution in [0.25, 0.3) is 10.9 Å². The van der Waals surface area contributed by atoms with E-state index in [1.807, 2.05) is 32.0 Å². The van der Waals surface area contributed by atoms with Gasteiger partial charge in [-0.2, -0.15) is 0 Å². The van der Waals surface area contributed by atoms with E-state index in [0.717, 1.165) is 17.3 Å². The predicted octanol–water partition coefficient (Wildman–Crippen LogP) is 3.50. The molecule has 0 saturated heterocycles. The SMILES string of the molecule is COC(=O)c1ccc2c(=O)n(Cc3ccccc3Cl)c(SCC(=O)NC(C)C)nc2c1. The molecule has 0 saturated carbocycles. The van der Waals surface area contributed by atoms with Crippen LogP contribution in [-0.2, 0) is 16.1 Å². The number of aromatic nitrogens is 2.